The molecule has 4 nitrogen and oxygen atoms in total. The van der Waals surface area contributed by atoms with Crippen molar-refractivity contribution >= 4 is 24.0 Å². The van der Waals surface area contributed by atoms with E-state index in [9.17, 15) is 18.0 Å². The average Bonchev–Trinajstić information content (AvgIpc) is 3.54. The van der Waals surface area contributed by atoms with Crippen molar-refractivity contribution in [2.24, 2.45) is 5.92 Å². The van der Waals surface area contributed by atoms with Crippen LogP contribution in [0.4, 0.5) is 18.9 Å². The highest BCUT2D eigenvalue weighted by atomic mass is 35.5. The van der Waals surface area contributed by atoms with Crippen LogP contribution in [-0.4, -0.2) is 24.9 Å². The number of halogens is 4. The number of rotatable bonds is 7. The van der Waals surface area contributed by atoms with Crippen LogP contribution in [0, 0.1) is 5.92 Å². The molecule has 0 bridgehead atoms. The first-order chi connectivity index (χ1) is 13.4. The zero-order valence-electron chi connectivity index (χ0n) is 15.5. The molecule has 2 aliphatic carbocycles. The lowest BCUT2D eigenvalue weighted by atomic mass is 10.1. The summed E-state index contributed by atoms with van der Waals surface area (Å²) in [6.07, 6.45) is -0.919. The van der Waals surface area contributed by atoms with E-state index in [2.05, 4.69) is 15.4 Å². The first-order valence-electron chi connectivity index (χ1n) is 9.38. The Morgan fingerprint density at radius 3 is 2.28 bits per heavy atom. The van der Waals surface area contributed by atoms with Crippen molar-refractivity contribution in [3.8, 4) is 5.75 Å². The van der Waals surface area contributed by atoms with Gasteiger partial charge in [0.1, 0.15) is 5.75 Å². The van der Waals surface area contributed by atoms with Crippen molar-refractivity contribution in [3.05, 3.63) is 59.7 Å². The summed E-state index contributed by atoms with van der Waals surface area (Å²) in [6, 6.07) is 13.1. The first-order valence-corrected chi connectivity index (χ1v) is 9.38. The minimum Gasteiger partial charge on any atom is -0.406 e. The van der Waals surface area contributed by atoms with E-state index >= 15 is 0 Å². The molecule has 2 aliphatic rings. The van der Waals surface area contributed by atoms with Crippen LogP contribution in [0.3, 0.4) is 0 Å². The molecule has 4 rings (SSSR count). The third kappa shape index (κ3) is 6.11. The van der Waals surface area contributed by atoms with Crippen LogP contribution in [-0.2, 0) is 0 Å². The SMILES string of the molecule is Cl.O=C(Nc1ccc([C@@H]2C[C@H]2NCC2CC2)cc1)c1ccc(OC(F)(F)F)cc1. The number of benzene rings is 2. The Balaban J connectivity index is 0.00000240. The summed E-state index contributed by atoms with van der Waals surface area (Å²) in [4.78, 5) is 12.3. The topological polar surface area (TPSA) is 50.4 Å². The molecule has 2 saturated carbocycles. The lowest BCUT2D eigenvalue weighted by Crippen LogP contribution is -2.20. The second-order valence-electron chi connectivity index (χ2n) is 7.45. The Morgan fingerprint density at radius 1 is 1.03 bits per heavy atom. The molecule has 0 aromatic heterocycles. The van der Waals surface area contributed by atoms with Gasteiger partial charge in [-0.25, -0.2) is 0 Å². The normalized spacial score (nSPS) is 20.5. The largest absolute Gasteiger partial charge is 0.573 e. The zero-order chi connectivity index (χ0) is 19.7. The molecular weight excluding hydrogens is 405 g/mol. The maximum atomic E-state index is 12.3. The maximum absolute atomic E-state index is 12.3. The Hall–Kier alpha value is -2.25. The van der Waals surface area contributed by atoms with Gasteiger partial charge in [0, 0.05) is 23.2 Å². The van der Waals surface area contributed by atoms with E-state index < -0.39 is 6.36 Å². The fraction of sp³-hybridized carbons (Fsp3) is 0.381. The molecule has 2 N–H and O–H groups in total. The van der Waals surface area contributed by atoms with E-state index in [0.717, 1.165) is 31.0 Å². The van der Waals surface area contributed by atoms with Gasteiger partial charge in [0.15, 0.2) is 0 Å². The summed E-state index contributed by atoms with van der Waals surface area (Å²) in [5.74, 6) is 0.655. The third-order valence-corrected chi connectivity index (χ3v) is 5.10. The van der Waals surface area contributed by atoms with E-state index in [4.69, 9.17) is 0 Å². The number of hydrogen-bond donors (Lipinski definition) is 2. The summed E-state index contributed by atoms with van der Waals surface area (Å²) in [7, 11) is 0. The number of carbonyl (C=O) groups is 1. The monoisotopic (exact) mass is 426 g/mol. The van der Waals surface area contributed by atoms with Gasteiger partial charge in [0.05, 0.1) is 0 Å². The van der Waals surface area contributed by atoms with Crippen LogP contribution in [0.1, 0.15) is 41.1 Å². The Kier molecular flexibility index (Phi) is 6.39. The highest BCUT2D eigenvalue weighted by Gasteiger charge is 2.38. The number of anilines is 1. The second-order valence-corrected chi connectivity index (χ2v) is 7.45. The van der Waals surface area contributed by atoms with Gasteiger partial charge in [-0.3, -0.25) is 4.79 Å². The predicted octanol–water partition coefficient (Wildman–Crippen LogP) is 5.11. The minimum atomic E-state index is -4.75. The maximum Gasteiger partial charge on any atom is 0.573 e. The minimum absolute atomic E-state index is 0. The quantitative estimate of drug-likeness (QED) is 0.646. The fourth-order valence-electron chi connectivity index (χ4n) is 3.25. The van der Waals surface area contributed by atoms with Gasteiger partial charge in [0.2, 0.25) is 0 Å². The second kappa shape index (κ2) is 8.63. The molecule has 2 atom stereocenters. The fourth-order valence-corrected chi connectivity index (χ4v) is 3.25. The Labute approximate surface area is 173 Å². The molecule has 0 spiro atoms. The molecule has 2 fully saturated rings. The Morgan fingerprint density at radius 2 is 1.69 bits per heavy atom. The molecule has 0 unspecified atom stereocenters. The third-order valence-electron chi connectivity index (χ3n) is 5.10. The smallest absolute Gasteiger partial charge is 0.406 e. The van der Waals surface area contributed by atoms with Gasteiger partial charge >= 0.3 is 6.36 Å². The lowest BCUT2D eigenvalue weighted by Gasteiger charge is -2.10. The average molecular weight is 427 g/mol. The summed E-state index contributed by atoms with van der Waals surface area (Å²) >= 11 is 0. The van der Waals surface area contributed by atoms with Gasteiger partial charge in [-0.15, -0.1) is 25.6 Å². The van der Waals surface area contributed by atoms with E-state index in [1.54, 1.807) is 0 Å². The molecule has 156 valence electrons. The highest BCUT2D eigenvalue weighted by molar-refractivity contribution is 6.04. The van der Waals surface area contributed by atoms with Crippen molar-refractivity contribution in [2.75, 3.05) is 11.9 Å². The highest BCUT2D eigenvalue weighted by Crippen LogP contribution is 2.42. The van der Waals surface area contributed by atoms with Crippen LogP contribution in [0.5, 0.6) is 5.75 Å². The van der Waals surface area contributed by atoms with Gasteiger partial charge in [-0.1, -0.05) is 12.1 Å². The predicted molar refractivity (Wildman–Crippen MR) is 107 cm³/mol. The van der Waals surface area contributed by atoms with Crippen LogP contribution in [0.2, 0.25) is 0 Å². The standard InChI is InChI=1S/C21H21F3N2O2.ClH/c22-21(23,24)28-17-9-5-15(6-10-17)20(27)26-16-7-3-14(4-8-16)18-11-19(18)25-12-13-1-2-13;/h3-10,13,18-19,25H,1-2,11-12H2,(H,26,27);1H/t18-,19+;/m0./s1. The van der Waals surface area contributed by atoms with Crippen molar-refractivity contribution in [1.29, 1.82) is 0 Å². The number of amides is 1. The molecule has 8 heteroatoms. The molecule has 0 heterocycles. The van der Waals surface area contributed by atoms with E-state index in [1.807, 2.05) is 24.3 Å². The van der Waals surface area contributed by atoms with E-state index in [-0.39, 0.29) is 29.6 Å². The number of carbonyl (C=O) groups excluding carboxylic acids is 1. The summed E-state index contributed by atoms with van der Waals surface area (Å²) in [5, 5.41) is 6.36. The van der Waals surface area contributed by atoms with Crippen molar-refractivity contribution in [3.63, 3.8) is 0 Å². The van der Waals surface area contributed by atoms with Crippen LogP contribution < -0.4 is 15.4 Å². The van der Waals surface area contributed by atoms with Crippen molar-refractivity contribution in [1.82, 2.24) is 5.32 Å². The summed E-state index contributed by atoms with van der Waals surface area (Å²) < 4.78 is 40.3. The number of alkyl halides is 3. The lowest BCUT2D eigenvalue weighted by molar-refractivity contribution is -0.274. The van der Waals surface area contributed by atoms with Gasteiger partial charge < -0.3 is 15.4 Å². The first kappa shape index (κ1) is 21.5. The molecule has 1 amide bonds. The number of nitrogens with one attached hydrogen (secondary N) is 2. The molecule has 2 aromatic rings. The van der Waals surface area contributed by atoms with E-state index in [1.165, 1.54) is 30.5 Å². The van der Waals surface area contributed by atoms with Gasteiger partial charge in [-0.05, 0) is 73.7 Å². The number of ether oxygens (including phenoxy) is 1. The van der Waals surface area contributed by atoms with Crippen molar-refractivity contribution < 1.29 is 22.7 Å². The zero-order valence-corrected chi connectivity index (χ0v) is 16.4. The van der Waals surface area contributed by atoms with Crippen LogP contribution in [0.15, 0.2) is 48.5 Å². The van der Waals surface area contributed by atoms with Gasteiger partial charge in [-0.2, -0.15) is 0 Å². The molecular formula is C21H22ClF3N2O2. The summed E-state index contributed by atoms with van der Waals surface area (Å²) in [6.45, 7) is 1.11. The molecule has 0 radical (unpaired) electrons. The number of hydrogen-bond acceptors (Lipinski definition) is 3. The van der Waals surface area contributed by atoms with Gasteiger partial charge in [0.25, 0.3) is 5.91 Å². The molecule has 2 aromatic carbocycles. The molecule has 29 heavy (non-hydrogen) atoms. The molecule has 0 aliphatic heterocycles. The van der Waals surface area contributed by atoms with Crippen LogP contribution in [0.25, 0.3) is 0 Å². The summed E-state index contributed by atoms with van der Waals surface area (Å²) in [5.41, 5.74) is 2.15. The Bertz CT molecular complexity index is 836. The van der Waals surface area contributed by atoms with Crippen molar-refractivity contribution in [2.45, 2.75) is 37.6 Å². The molecule has 0 saturated heterocycles. The van der Waals surface area contributed by atoms with Crippen LogP contribution >= 0.6 is 12.4 Å². The van der Waals surface area contributed by atoms with E-state index in [0.29, 0.717) is 17.6 Å².